The van der Waals surface area contributed by atoms with Crippen molar-refractivity contribution in [3.63, 3.8) is 0 Å². The van der Waals surface area contributed by atoms with Crippen LogP contribution in [0.2, 0.25) is 0 Å². The van der Waals surface area contributed by atoms with Crippen LogP contribution in [0.3, 0.4) is 0 Å². The number of piperazine rings is 1. The lowest BCUT2D eigenvalue weighted by Gasteiger charge is -2.37. The first kappa shape index (κ1) is 25.6. The quantitative estimate of drug-likeness (QED) is 0.581. The van der Waals surface area contributed by atoms with Gasteiger partial charge < -0.3 is 19.9 Å². The Balaban J connectivity index is 1.16. The predicted molar refractivity (Wildman–Crippen MR) is 145 cm³/mol. The summed E-state index contributed by atoms with van der Waals surface area (Å²) in [4.78, 5) is 17.1. The van der Waals surface area contributed by atoms with Crippen molar-refractivity contribution in [2.75, 3.05) is 43.0 Å². The molecule has 1 heterocycles. The van der Waals surface area contributed by atoms with Gasteiger partial charge in [-0.3, -0.25) is 4.79 Å². The number of benzene rings is 2. The Morgan fingerprint density at radius 2 is 1.57 bits per heavy atom. The van der Waals surface area contributed by atoms with E-state index in [2.05, 4.69) is 87.3 Å². The molecular weight excluding hydrogens is 434 g/mol. The SMILES string of the molecule is Cc1ccc(NC2CCC(OCC(=O)N3CCN(c4ccc(C(C)(C)C)cc4)CC3)CC2)cc1C. The van der Waals surface area contributed by atoms with Gasteiger partial charge in [-0.15, -0.1) is 0 Å². The van der Waals surface area contributed by atoms with Gasteiger partial charge in [-0.1, -0.05) is 39.0 Å². The topological polar surface area (TPSA) is 44.8 Å². The van der Waals surface area contributed by atoms with Crippen molar-refractivity contribution >= 4 is 17.3 Å². The number of hydrogen-bond donors (Lipinski definition) is 1. The molecule has 0 atom stereocenters. The van der Waals surface area contributed by atoms with E-state index in [0.717, 1.165) is 51.9 Å². The van der Waals surface area contributed by atoms with Crippen molar-refractivity contribution in [1.82, 2.24) is 4.90 Å². The van der Waals surface area contributed by atoms with E-state index in [1.807, 2.05) is 4.90 Å². The van der Waals surface area contributed by atoms with Crippen LogP contribution in [0.25, 0.3) is 0 Å². The van der Waals surface area contributed by atoms with Crippen LogP contribution in [-0.2, 0) is 14.9 Å². The molecule has 2 aliphatic rings. The molecule has 0 aromatic heterocycles. The number of rotatable bonds is 6. The number of nitrogens with zero attached hydrogens (tertiary/aromatic N) is 2. The summed E-state index contributed by atoms with van der Waals surface area (Å²) < 4.78 is 6.06. The summed E-state index contributed by atoms with van der Waals surface area (Å²) in [6.45, 7) is 14.5. The first-order chi connectivity index (χ1) is 16.7. The van der Waals surface area contributed by atoms with Crippen molar-refractivity contribution in [2.45, 2.75) is 77.9 Å². The van der Waals surface area contributed by atoms with Crippen LogP contribution in [0.1, 0.15) is 63.1 Å². The monoisotopic (exact) mass is 477 g/mol. The van der Waals surface area contributed by atoms with E-state index in [1.54, 1.807) is 0 Å². The number of ether oxygens (including phenoxy) is 1. The van der Waals surface area contributed by atoms with E-state index in [4.69, 9.17) is 4.74 Å². The minimum Gasteiger partial charge on any atom is -0.382 e. The Morgan fingerprint density at radius 1 is 0.914 bits per heavy atom. The molecule has 0 spiro atoms. The third-order valence-electron chi connectivity index (χ3n) is 7.73. The lowest BCUT2D eigenvalue weighted by atomic mass is 9.87. The number of carbonyl (C=O) groups is 1. The molecule has 5 heteroatoms. The zero-order valence-electron chi connectivity index (χ0n) is 22.3. The van der Waals surface area contributed by atoms with Crippen LogP contribution in [-0.4, -0.2) is 55.7 Å². The first-order valence-electron chi connectivity index (χ1n) is 13.3. The molecule has 4 rings (SSSR count). The summed E-state index contributed by atoms with van der Waals surface area (Å²) >= 11 is 0. The molecule has 35 heavy (non-hydrogen) atoms. The summed E-state index contributed by atoms with van der Waals surface area (Å²) in [6, 6.07) is 16.0. The summed E-state index contributed by atoms with van der Waals surface area (Å²) in [5.41, 5.74) is 6.62. The van der Waals surface area contributed by atoms with Crippen LogP contribution >= 0.6 is 0 Å². The molecule has 2 fully saturated rings. The van der Waals surface area contributed by atoms with Gasteiger partial charge in [0.2, 0.25) is 5.91 Å². The van der Waals surface area contributed by atoms with Gasteiger partial charge in [-0.25, -0.2) is 0 Å². The standard InChI is InChI=1S/C30H43N3O2/c1-22-6-9-26(20-23(22)2)31-25-10-14-28(15-11-25)35-21-29(34)33-18-16-32(17-19-33)27-12-7-24(8-13-27)30(3,4)5/h6-9,12-13,20,25,28,31H,10-11,14-19,21H2,1-5H3. The van der Waals surface area contributed by atoms with E-state index in [1.165, 1.54) is 28.1 Å². The van der Waals surface area contributed by atoms with Gasteiger partial charge >= 0.3 is 0 Å². The van der Waals surface area contributed by atoms with Crippen molar-refractivity contribution in [3.05, 3.63) is 59.2 Å². The average molecular weight is 478 g/mol. The fraction of sp³-hybridized carbons (Fsp3) is 0.567. The number of anilines is 2. The second-order valence-corrected chi connectivity index (χ2v) is 11.4. The van der Waals surface area contributed by atoms with E-state index in [9.17, 15) is 4.79 Å². The lowest BCUT2D eigenvalue weighted by Crippen LogP contribution is -2.50. The minimum absolute atomic E-state index is 0.128. The van der Waals surface area contributed by atoms with Gasteiger partial charge in [0.25, 0.3) is 0 Å². The normalized spacial score (nSPS) is 21.2. The molecule has 2 aromatic carbocycles. The molecule has 0 unspecified atom stereocenters. The molecule has 1 amide bonds. The summed E-state index contributed by atoms with van der Waals surface area (Å²) in [5.74, 6) is 0.128. The van der Waals surface area contributed by atoms with Crippen LogP contribution in [0.15, 0.2) is 42.5 Å². The second-order valence-electron chi connectivity index (χ2n) is 11.4. The van der Waals surface area contributed by atoms with E-state index in [0.29, 0.717) is 6.04 Å². The Morgan fingerprint density at radius 3 is 2.17 bits per heavy atom. The van der Waals surface area contributed by atoms with Gasteiger partial charge in [0, 0.05) is 43.6 Å². The Labute approximate surface area is 211 Å². The van der Waals surface area contributed by atoms with Crippen molar-refractivity contribution in [2.24, 2.45) is 0 Å². The highest BCUT2D eigenvalue weighted by Crippen LogP contribution is 2.27. The summed E-state index contributed by atoms with van der Waals surface area (Å²) in [5, 5.41) is 3.68. The van der Waals surface area contributed by atoms with Gasteiger partial charge in [-0.2, -0.15) is 0 Å². The molecule has 2 aromatic rings. The predicted octanol–water partition coefficient (Wildman–Crippen LogP) is 5.69. The zero-order chi connectivity index (χ0) is 25.0. The second kappa shape index (κ2) is 11.0. The van der Waals surface area contributed by atoms with Gasteiger partial charge in [-0.05, 0) is 85.9 Å². The van der Waals surface area contributed by atoms with Gasteiger partial charge in [0.1, 0.15) is 6.61 Å². The zero-order valence-corrected chi connectivity index (χ0v) is 22.3. The molecule has 1 N–H and O–H groups in total. The third-order valence-corrected chi connectivity index (χ3v) is 7.73. The number of aryl methyl sites for hydroxylation is 2. The molecule has 5 nitrogen and oxygen atoms in total. The van der Waals surface area contributed by atoms with E-state index < -0.39 is 0 Å². The van der Waals surface area contributed by atoms with E-state index in [-0.39, 0.29) is 24.0 Å². The van der Waals surface area contributed by atoms with Crippen LogP contribution in [0, 0.1) is 13.8 Å². The number of amides is 1. The molecule has 1 saturated carbocycles. The van der Waals surface area contributed by atoms with Crippen LogP contribution in [0.4, 0.5) is 11.4 Å². The molecule has 1 aliphatic carbocycles. The van der Waals surface area contributed by atoms with Crippen molar-refractivity contribution in [1.29, 1.82) is 0 Å². The number of hydrogen-bond acceptors (Lipinski definition) is 4. The average Bonchev–Trinajstić information content (AvgIpc) is 2.85. The molecule has 1 aliphatic heterocycles. The highest BCUT2D eigenvalue weighted by Gasteiger charge is 2.25. The van der Waals surface area contributed by atoms with Gasteiger partial charge in [0.15, 0.2) is 0 Å². The van der Waals surface area contributed by atoms with Crippen molar-refractivity contribution in [3.8, 4) is 0 Å². The largest absolute Gasteiger partial charge is 0.382 e. The Hall–Kier alpha value is -2.53. The minimum atomic E-state index is 0.128. The molecule has 1 saturated heterocycles. The van der Waals surface area contributed by atoms with Gasteiger partial charge in [0.05, 0.1) is 6.10 Å². The number of nitrogens with one attached hydrogen (secondary N) is 1. The van der Waals surface area contributed by atoms with E-state index >= 15 is 0 Å². The molecule has 190 valence electrons. The maximum atomic E-state index is 12.8. The fourth-order valence-electron chi connectivity index (χ4n) is 5.11. The molecule has 0 radical (unpaired) electrons. The summed E-state index contributed by atoms with van der Waals surface area (Å²) in [7, 11) is 0. The smallest absolute Gasteiger partial charge is 0.248 e. The number of carbonyl (C=O) groups excluding carboxylic acids is 1. The molecule has 0 bridgehead atoms. The Kier molecular flexibility index (Phi) is 8.05. The first-order valence-corrected chi connectivity index (χ1v) is 13.3. The highest BCUT2D eigenvalue weighted by atomic mass is 16.5. The lowest BCUT2D eigenvalue weighted by molar-refractivity contribution is -0.139. The van der Waals surface area contributed by atoms with Crippen molar-refractivity contribution < 1.29 is 9.53 Å². The van der Waals surface area contributed by atoms with Crippen LogP contribution < -0.4 is 10.2 Å². The molecular formula is C30H43N3O2. The maximum Gasteiger partial charge on any atom is 0.248 e. The van der Waals surface area contributed by atoms with Crippen LogP contribution in [0.5, 0.6) is 0 Å². The maximum absolute atomic E-state index is 12.8. The fourth-order valence-corrected chi connectivity index (χ4v) is 5.11. The third kappa shape index (κ3) is 6.78. The highest BCUT2D eigenvalue weighted by molar-refractivity contribution is 5.77. The summed E-state index contributed by atoms with van der Waals surface area (Å²) in [6.07, 6.45) is 4.37. The Bertz CT molecular complexity index is 980.